The summed E-state index contributed by atoms with van der Waals surface area (Å²) < 4.78 is 2.46. The zero-order valence-electron chi connectivity index (χ0n) is 10.2. The fraction of sp³-hybridized carbons (Fsp3) is 0. The molecule has 0 amide bonds. The quantitative estimate of drug-likeness (QED) is 0.720. The summed E-state index contributed by atoms with van der Waals surface area (Å²) in [4.78, 5) is 0. The zero-order valence-corrected chi connectivity index (χ0v) is 12.5. The number of anilines is 1. The van der Waals surface area contributed by atoms with E-state index in [0.29, 0.717) is 16.5 Å². The van der Waals surface area contributed by atoms with Crippen molar-refractivity contribution in [2.45, 2.75) is 0 Å². The van der Waals surface area contributed by atoms with Gasteiger partial charge in [0, 0.05) is 20.7 Å². The lowest BCUT2D eigenvalue weighted by atomic mass is 10.2. The minimum absolute atomic E-state index is 0.632. The number of hydrogen-bond acceptors (Lipinski definition) is 4. The standard InChI is InChI=1S/C13H9BrClN5/c14-11-7-9(15)3-6-12(11)20-13(17-18-19-20)8-1-4-10(16)5-2-8/h1-7H,16H2. The van der Waals surface area contributed by atoms with Crippen LogP contribution >= 0.6 is 27.5 Å². The third kappa shape index (κ3) is 2.39. The number of nitrogens with zero attached hydrogens (tertiary/aromatic N) is 4. The Hall–Kier alpha value is -1.92. The van der Waals surface area contributed by atoms with Crippen molar-refractivity contribution >= 4 is 33.2 Å². The zero-order chi connectivity index (χ0) is 14.1. The van der Waals surface area contributed by atoms with Gasteiger partial charge in [-0.15, -0.1) is 5.10 Å². The van der Waals surface area contributed by atoms with Crippen molar-refractivity contribution in [3.63, 3.8) is 0 Å². The van der Waals surface area contributed by atoms with Crippen LogP contribution < -0.4 is 5.73 Å². The molecule has 7 heteroatoms. The van der Waals surface area contributed by atoms with E-state index in [2.05, 4.69) is 31.5 Å². The van der Waals surface area contributed by atoms with E-state index in [4.69, 9.17) is 17.3 Å². The second-order valence-corrected chi connectivity index (χ2v) is 5.42. The average Bonchev–Trinajstić information content (AvgIpc) is 2.88. The predicted molar refractivity (Wildman–Crippen MR) is 81.7 cm³/mol. The van der Waals surface area contributed by atoms with Gasteiger partial charge in [0.25, 0.3) is 0 Å². The lowest BCUT2D eigenvalue weighted by Crippen LogP contribution is -2.01. The fourth-order valence-corrected chi connectivity index (χ4v) is 2.67. The molecule has 3 aromatic rings. The van der Waals surface area contributed by atoms with E-state index < -0.39 is 0 Å². The van der Waals surface area contributed by atoms with Crippen LogP contribution in [0.4, 0.5) is 5.69 Å². The molecule has 0 saturated carbocycles. The summed E-state index contributed by atoms with van der Waals surface area (Å²) in [6.45, 7) is 0. The number of nitrogen functional groups attached to an aromatic ring is 1. The van der Waals surface area contributed by atoms with Gasteiger partial charge in [-0.25, -0.2) is 0 Å². The maximum absolute atomic E-state index is 5.95. The van der Waals surface area contributed by atoms with Crippen molar-refractivity contribution in [3.8, 4) is 17.1 Å². The van der Waals surface area contributed by atoms with Crippen molar-refractivity contribution in [3.05, 3.63) is 52.0 Å². The lowest BCUT2D eigenvalue weighted by Gasteiger charge is -2.07. The van der Waals surface area contributed by atoms with Gasteiger partial charge < -0.3 is 5.73 Å². The van der Waals surface area contributed by atoms with Crippen LogP contribution in [0.2, 0.25) is 5.02 Å². The normalized spacial score (nSPS) is 10.7. The van der Waals surface area contributed by atoms with Crippen LogP contribution in [0, 0.1) is 0 Å². The molecule has 2 N–H and O–H groups in total. The number of halogens is 2. The molecule has 1 aromatic heterocycles. The number of benzene rings is 2. The SMILES string of the molecule is Nc1ccc(-c2nnnn2-c2ccc(Cl)cc2Br)cc1. The van der Waals surface area contributed by atoms with E-state index in [-0.39, 0.29) is 0 Å². The largest absolute Gasteiger partial charge is 0.399 e. The summed E-state index contributed by atoms with van der Waals surface area (Å²) in [6, 6.07) is 12.8. The summed E-state index contributed by atoms with van der Waals surface area (Å²) in [6.07, 6.45) is 0. The molecule has 3 rings (SSSR count). The van der Waals surface area contributed by atoms with Crippen molar-refractivity contribution in [1.82, 2.24) is 20.2 Å². The number of rotatable bonds is 2. The average molecular weight is 351 g/mol. The summed E-state index contributed by atoms with van der Waals surface area (Å²) in [7, 11) is 0. The van der Waals surface area contributed by atoms with E-state index in [1.54, 1.807) is 16.8 Å². The first-order valence-corrected chi connectivity index (χ1v) is 6.92. The maximum Gasteiger partial charge on any atom is 0.187 e. The molecule has 0 fully saturated rings. The highest BCUT2D eigenvalue weighted by Crippen LogP contribution is 2.27. The second kappa shape index (κ2) is 5.22. The Bertz CT molecular complexity index is 754. The Balaban J connectivity index is 2.12. The molecule has 100 valence electrons. The molecule has 0 aliphatic carbocycles. The van der Waals surface area contributed by atoms with Gasteiger partial charge in [0.1, 0.15) is 0 Å². The third-order valence-corrected chi connectivity index (χ3v) is 3.65. The first-order chi connectivity index (χ1) is 9.65. The van der Waals surface area contributed by atoms with Gasteiger partial charge in [-0.2, -0.15) is 4.68 Å². The molecule has 5 nitrogen and oxygen atoms in total. The fourth-order valence-electron chi connectivity index (χ4n) is 1.81. The molecular formula is C13H9BrClN5. The summed E-state index contributed by atoms with van der Waals surface area (Å²) in [5.74, 6) is 0.632. The van der Waals surface area contributed by atoms with E-state index in [1.165, 1.54) is 0 Å². The topological polar surface area (TPSA) is 69.6 Å². The third-order valence-electron chi connectivity index (χ3n) is 2.78. The van der Waals surface area contributed by atoms with Crippen molar-refractivity contribution in [2.24, 2.45) is 0 Å². The molecule has 0 unspecified atom stereocenters. The van der Waals surface area contributed by atoms with Gasteiger partial charge in [-0.05, 0) is 68.8 Å². The van der Waals surface area contributed by atoms with Crippen molar-refractivity contribution < 1.29 is 0 Å². The molecule has 0 aliphatic heterocycles. The van der Waals surface area contributed by atoms with Gasteiger partial charge in [-0.1, -0.05) is 11.6 Å². The van der Waals surface area contributed by atoms with Gasteiger partial charge in [0.15, 0.2) is 5.82 Å². The summed E-state index contributed by atoms with van der Waals surface area (Å²) >= 11 is 9.41. The minimum atomic E-state index is 0.632. The van der Waals surface area contributed by atoms with Gasteiger partial charge in [0.2, 0.25) is 0 Å². The van der Waals surface area contributed by atoms with Crippen LogP contribution in [0.1, 0.15) is 0 Å². The molecule has 2 aromatic carbocycles. The molecule has 0 bridgehead atoms. The van der Waals surface area contributed by atoms with Crippen LogP contribution in [0.15, 0.2) is 46.9 Å². The van der Waals surface area contributed by atoms with E-state index >= 15 is 0 Å². The highest BCUT2D eigenvalue weighted by atomic mass is 79.9. The first-order valence-electron chi connectivity index (χ1n) is 5.75. The molecule has 20 heavy (non-hydrogen) atoms. The number of tetrazole rings is 1. The Labute approximate surface area is 128 Å². The molecule has 0 aliphatic rings. The number of aromatic nitrogens is 4. The van der Waals surface area contributed by atoms with Gasteiger partial charge in [-0.3, -0.25) is 0 Å². The smallest absolute Gasteiger partial charge is 0.187 e. The Morgan fingerprint density at radius 2 is 1.85 bits per heavy atom. The molecule has 0 radical (unpaired) electrons. The molecule has 1 heterocycles. The summed E-state index contributed by atoms with van der Waals surface area (Å²) in [5.41, 5.74) is 8.08. The van der Waals surface area contributed by atoms with Gasteiger partial charge in [0.05, 0.1) is 5.69 Å². The van der Waals surface area contributed by atoms with Crippen LogP contribution in [-0.2, 0) is 0 Å². The Morgan fingerprint density at radius 3 is 2.55 bits per heavy atom. The second-order valence-electron chi connectivity index (χ2n) is 4.13. The number of nitrogens with two attached hydrogens (primary N) is 1. The highest BCUT2D eigenvalue weighted by Gasteiger charge is 2.13. The number of hydrogen-bond donors (Lipinski definition) is 1. The van der Waals surface area contributed by atoms with Crippen molar-refractivity contribution in [1.29, 1.82) is 0 Å². The first kappa shape index (κ1) is 13.1. The van der Waals surface area contributed by atoms with Crippen LogP contribution in [0.25, 0.3) is 17.1 Å². The summed E-state index contributed by atoms with van der Waals surface area (Å²) in [5, 5.41) is 12.5. The minimum Gasteiger partial charge on any atom is -0.399 e. The van der Waals surface area contributed by atoms with Crippen LogP contribution in [0.5, 0.6) is 0 Å². The van der Waals surface area contributed by atoms with E-state index in [0.717, 1.165) is 15.7 Å². The molecule has 0 atom stereocenters. The highest BCUT2D eigenvalue weighted by molar-refractivity contribution is 9.10. The van der Waals surface area contributed by atoms with Crippen molar-refractivity contribution in [2.75, 3.05) is 5.73 Å². The monoisotopic (exact) mass is 349 g/mol. The van der Waals surface area contributed by atoms with Crippen LogP contribution in [-0.4, -0.2) is 20.2 Å². The maximum atomic E-state index is 5.95. The van der Waals surface area contributed by atoms with Crippen LogP contribution in [0.3, 0.4) is 0 Å². The molecule has 0 saturated heterocycles. The lowest BCUT2D eigenvalue weighted by molar-refractivity contribution is 0.789. The Kier molecular flexibility index (Phi) is 3.42. The van der Waals surface area contributed by atoms with Gasteiger partial charge >= 0.3 is 0 Å². The predicted octanol–water partition coefficient (Wildman–Crippen LogP) is 3.33. The molecule has 0 spiro atoms. The van der Waals surface area contributed by atoms with E-state index in [9.17, 15) is 0 Å². The van der Waals surface area contributed by atoms with E-state index in [1.807, 2.05) is 30.3 Å². The Morgan fingerprint density at radius 1 is 1.10 bits per heavy atom. The molecular weight excluding hydrogens is 342 g/mol.